The summed E-state index contributed by atoms with van der Waals surface area (Å²) in [5.41, 5.74) is 7.61. The van der Waals surface area contributed by atoms with Crippen molar-refractivity contribution in [1.29, 1.82) is 0 Å². The van der Waals surface area contributed by atoms with Crippen molar-refractivity contribution in [3.63, 3.8) is 0 Å². The Hall–Kier alpha value is -5.86. The summed E-state index contributed by atoms with van der Waals surface area (Å²) in [7, 11) is 0. The van der Waals surface area contributed by atoms with Crippen LogP contribution in [0.25, 0.3) is 77.2 Å². The largest absolute Gasteiger partial charge is 0.309 e. The maximum Gasteiger partial charge on any atom is 0.0648 e. The van der Waals surface area contributed by atoms with Crippen molar-refractivity contribution in [2.75, 3.05) is 0 Å². The normalized spacial score (nSPS) is 14.5. The molecular formula is C43H30N2. The first-order valence-corrected chi connectivity index (χ1v) is 14.8. The molecule has 0 atom stereocenters. The van der Waals surface area contributed by atoms with Crippen LogP contribution in [0.2, 0.25) is 0 Å². The molecule has 9 rings (SSSR count). The van der Waals surface area contributed by atoms with Crippen LogP contribution in [0, 0.1) is 6.92 Å². The van der Waals surface area contributed by atoms with E-state index in [0.29, 0.717) is 11.1 Å². The van der Waals surface area contributed by atoms with Gasteiger partial charge in [-0.15, -0.1) is 0 Å². The van der Waals surface area contributed by atoms with Gasteiger partial charge in [-0.25, -0.2) is 0 Å². The molecule has 0 bridgehead atoms. The van der Waals surface area contributed by atoms with Gasteiger partial charge in [0.15, 0.2) is 0 Å². The number of para-hydroxylation sites is 2. The molecule has 0 radical (unpaired) electrons. The Morgan fingerprint density at radius 1 is 0.444 bits per heavy atom. The van der Waals surface area contributed by atoms with Crippen LogP contribution in [0.15, 0.2) is 164 Å². The molecular weight excluding hydrogens is 544 g/mol. The number of hydrogen-bond donors (Lipinski definition) is 0. The highest BCUT2D eigenvalue weighted by Crippen LogP contribution is 2.42. The highest BCUT2D eigenvalue weighted by molar-refractivity contribution is 6.28. The molecule has 212 valence electrons. The summed E-state index contributed by atoms with van der Waals surface area (Å²) in [5.74, 6) is 0. The summed E-state index contributed by atoms with van der Waals surface area (Å²) in [4.78, 5) is 0. The van der Waals surface area contributed by atoms with Crippen molar-refractivity contribution in [2.45, 2.75) is 6.92 Å². The molecule has 0 saturated heterocycles. The van der Waals surface area contributed by atoms with E-state index >= 15 is 0 Å². The predicted molar refractivity (Wildman–Crippen MR) is 191 cm³/mol. The number of fused-ring (bicyclic) bond motifs is 7. The minimum atomic E-state index is -0.418. The lowest BCUT2D eigenvalue weighted by Crippen LogP contribution is -1.95. The molecule has 0 fully saturated rings. The molecule has 7 aromatic carbocycles. The minimum absolute atomic E-state index is 0.0603. The summed E-state index contributed by atoms with van der Waals surface area (Å²) in [6, 6.07) is 33.7. The van der Waals surface area contributed by atoms with E-state index in [1.165, 1.54) is 0 Å². The second-order valence-corrected chi connectivity index (χ2v) is 11.2. The van der Waals surface area contributed by atoms with Crippen molar-refractivity contribution in [3.05, 3.63) is 169 Å². The van der Waals surface area contributed by atoms with Gasteiger partial charge in [-0.1, -0.05) is 109 Å². The third kappa shape index (κ3) is 4.03. The third-order valence-corrected chi connectivity index (χ3v) is 8.54. The molecule has 0 amide bonds. The molecule has 2 heterocycles. The number of nitrogens with zero attached hydrogens (tertiary/aromatic N) is 2. The summed E-state index contributed by atoms with van der Waals surface area (Å²) in [5, 5.41) is 3.98. The first-order valence-electron chi connectivity index (χ1n) is 19.3. The van der Waals surface area contributed by atoms with E-state index in [0.717, 1.165) is 60.4 Å². The Labute approximate surface area is 274 Å². The zero-order chi connectivity index (χ0) is 37.7. The van der Waals surface area contributed by atoms with Gasteiger partial charge in [0, 0.05) is 32.9 Å². The van der Waals surface area contributed by atoms with E-state index < -0.39 is 6.04 Å². The van der Waals surface area contributed by atoms with E-state index in [4.69, 9.17) is 12.3 Å². The highest BCUT2D eigenvalue weighted by Gasteiger charge is 2.20. The molecule has 9 aromatic rings. The second kappa shape index (κ2) is 10.1. The maximum atomic E-state index is 9.00. The van der Waals surface area contributed by atoms with Gasteiger partial charge in [-0.3, -0.25) is 0 Å². The molecule has 0 aliphatic heterocycles. The molecule has 2 nitrogen and oxygen atoms in total. The number of rotatable bonds is 4. The molecule has 2 heteroatoms. The van der Waals surface area contributed by atoms with Gasteiger partial charge >= 0.3 is 0 Å². The summed E-state index contributed by atoms with van der Waals surface area (Å²) in [6.45, 7) is 1.66. The van der Waals surface area contributed by atoms with Crippen LogP contribution in [0.1, 0.15) is 17.9 Å². The fraction of sp³-hybridized carbons (Fsp3) is 0.0233. The van der Waals surface area contributed by atoms with Crippen molar-refractivity contribution < 1.29 is 12.3 Å². The van der Waals surface area contributed by atoms with Crippen LogP contribution >= 0.6 is 0 Å². The van der Waals surface area contributed by atoms with Gasteiger partial charge in [-0.2, -0.15) is 0 Å². The topological polar surface area (TPSA) is 9.86 Å². The van der Waals surface area contributed by atoms with E-state index in [1.807, 2.05) is 89.5 Å². The summed E-state index contributed by atoms with van der Waals surface area (Å²) in [6.07, 6.45) is 0. The van der Waals surface area contributed by atoms with Crippen molar-refractivity contribution in [1.82, 2.24) is 9.13 Å². The Morgan fingerprint density at radius 3 is 1.71 bits per heavy atom. The van der Waals surface area contributed by atoms with Gasteiger partial charge in [0.25, 0.3) is 0 Å². The maximum absolute atomic E-state index is 9.00. The van der Waals surface area contributed by atoms with E-state index in [1.54, 1.807) is 13.0 Å². The van der Waals surface area contributed by atoms with Gasteiger partial charge < -0.3 is 9.13 Å². The Bertz CT molecular complexity index is 2990. The smallest absolute Gasteiger partial charge is 0.0648 e. The van der Waals surface area contributed by atoms with E-state index in [-0.39, 0.29) is 59.6 Å². The fourth-order valence-electron chi connectivity index (χ4n) is 6.62. The molecule has 0 N–H and O–H groups in total. The molecule has 0 spiro atoms. The first-order chi connectivity index (χ1) is 26.0. The van der Waals surface area contributed by atoms with Crippen LogP contribution in [-0.2, 0) is 0 Å². The highest BCUT2D eigenvalue weighted by atomic mass is 15.0. The zero-order valence-corrected chi connectivity index (χ0v) is 24.3. The first kappa shape index (κ1) is 18.1. The lowest BCUT2D eigenvalue weighted by Gasteiger charge is -2.11. The third-order valence-electron chi connectivity index (χ3n) is 8.54. The molecule has 0 unspecified atom stereocenters. The van der Waals surface area contributed by atoms with Crippen LogP contribution < -0.4 is 0 Å². The fourth-order valence-corrected chi connectivity index (χ4v) is 6.62. The monoisotopic (exact) mass is 583 g/mol. The average molecular weight is 584 g/mol. The summed E-state index contributed by atoms with van der Waals surface area (Å²) < 4.78 is 80.0. The lowest BCUT2D eigenvalue weighted by atomic mass is 9.99. The molecule has 45 heavy (non-hydrogen) atoms. The average Bonchev–Trinajstić information content (AvgIpc) is 3.71. The molecule has 0 aliphatic rings. The van der Waals surface area contributed by atoms with Gasteiger partial charge in [0.1, 0.15) is 0 Å². The standard InChI is InChI=1S/C43H30N2/c1-29-11-9-16-35(27-29)45-39-20-8-6-18-37(39)43-41(45)26-25-40-42(43)36-17-5-7-19-38(36)44(40)34-23-21-31(22-24-34)33-15-10-14-32(28-33)30-12-3-2-4-13-30/h2-28H,1H3/i2D,3D,4D,9D,11D,12D,13D,16D,27D. The Morgan fingerprint density at radius 2 is 1.04 bits per heavy atom. The minimum Gasteiger partial charge on any atom is -0.309 e. The van der Waals surface area contributed by atoms with Crippen LogP contribution in [-0.4, -0.2) is 9.13 Å². The SMILES string of the molecule is [2H]c1c([2H])c([2H])c(-c2cccc(-c3ccc(-n4c5ccccc5c5c6c7ccccc7n(-c7c([2H])c([2H])c([2H])c(C)c7[2H])c6ccc54)cc3)c2)c([2H])c1[2H]. The molecule has 2 aromatic heterocycles. The zero-order valence-electron chi connectivity index (χ0n) is 33.3. The number of benzene rings is 7. The number of hydrogen-bond acceptors (Lipinski definition) is 0. The molecule has 0 saturated carbocycles. The van der Waals surface area contributed by atoms with Crippen LogP contribution in [0.3, 0.4) is 0 Å². The lowest BCUT2D eigenvalue weighted by molar-refractivity contribution is 1.17. The van der Waals surface area contributed by atoms with Gasteiger partial charge in [0.2, 0.25) is 0 Å². The van der Waals surface area contributed by atoms with Gasteiger partial charge in [0.05, 0.1) is 34.4 Å². The van der Waals surface area contributed by atoms with Crippen LogP contribution in [0.5, 0.6) is 0 Å². The van der Waals surface area contributed by atoms with Crippen molar-refractivity contribution in [3.8, 4) is 33.6 Å². The van der Waals surface area contributed by atoms with Gasteiger partial charge in [-0.05, 0) is 89.3 Å². The quantitative estimate of drug-likeness (QED) is 0.195. The summed E-state index contributed by atoms with van der Waals surface area (Å²) >= 11 is 0. The van der Waals surface area contributed by atoms with Crippen molar-refractivity contribution in [2.24, 2.45) is 0 Å². The Balaban J connectivity index is 1.24. The second-order valence-electron chi connectivity index (χ2n) is 11.2. The number of aromatic nitrogens is 2. The van der Waals surface area contributed by atoms with Crippen LogP contribution in [0.4, 0.5) is 0 Å². The van der Waals surface area contributed by atoms with Crippen molar-refractivity contribution >= 4 is 43.6 Å². The van der Waals surface area contributed by atoms with E-state index in [2.05, 4.69) is 22.8 Å². The van der Waals surface area contributed by atoms with E-state index in [9.17, 15) is 0 Å². The molecule has 0 aliphatic carbocycles. The predicted octanol–water partition coefficient (Wildman–Crippen LogP) is 11.5. The Kier molecular flexibility index (Phi) is 4.06.